The van der Waals surface area contributed by atoms with Gasteiger partial charge in [-0.2, -0.15) is 5.09 Å². The van der Waals surface area contributed by atoms with Crippen molar-refractivity contribution in [2.75, 3.05) is 5.09 Å². The number of hydrogen-bond acceptors (Lipinski definition) is 3. The highest BCUT2D eigenvalue weighted by atomic mass is 31.1. The second-order valence-electron chi connectivity index (χ2n) is 4.54. The lowest BCUT2D eigenvalue weighted by molar-refractivity contribution is 0.0696. The Kier molecular flexibility index (Phi) is 4.86. The van der Waals surface area contributed by atoms with Crippen LogP contribution in [0.3, 0.4) is 0 Å². The molecule has 0 spiro atoms. The monoisotopic (exact) mass is 318 g/mol. The Morgan fingerprint density at radius 2 is 1.50 bits per heavy atom. The third-order valence-corrected chi connectivity index (χ3v) is 4.01. The van der Waals surface area contributed by atoms with E-state index in [2.05, 4.69) is 5.09 Å². The molecule has 3 N–H and O–H groups in total. The lowest BCUT2D eigenvalue weighted by Crippen LogP contribution is -2.04. The van der Waals surface area contributed by atoms with Gasteiger partial charge >= 0.3 is 19.9 Å². The number of rotatable bonds is 6. The summed E-state index contributed by atoms with van der Waals surface area (Å²) in [5, 5.41) is 20.6. The van der Waals surface area contributed by atoms with Gasteiger partial charge in [0.15, 0.2) is 6.16 Å². The van der Waals surface area contributed by atoms with Gasteiger partial charge < -0.3 is 10.2 Å². The van der Waals surface area contributed by atoms with Crippen LogP contribution in [0.5, 0.6) is 0 Å². The molecule has 0 saturated heterocycles. The minimum Gasteiger partial charge on any atom is -0.478 e. The van der Waals surface area contributed by atoms with Crippen molar-refractivity contribution in [3.8, 4) is 0 Å². The fraction of sp³-hybridized carbons (Fsp3) is 0.0667. The molecule has 0 radical (unpaired) electrons. The summed E-state index contributed by atoms with van der Waals surface area (Å²) in [6.45, 7) is 0. The number of nitrogens with one attached hydrogen (secondary N) is 1. The summed E-state index contributed by atoms with van der Waals surface area (Å²) in [6, 6.07) is 12.7. The van der Waals surface area contributed by atoms with E-state index in [1.165, 1.54) is 12.1 Å². The van der Waals surface area contributed by atoms with Crippen molar-refractivity contribution in [3.05, 3.63) is 65.2 Å². The molecular formula is C15H13NO5P+. The fourth-order valence-electron chi connectivity index (χ4n) is 1.87. The van der Waals surface area contributed by atoms with E-state index in [1.807, 2.05) is 30.3 Å². The van der Waals surface area contributed by atoms with Crippen molar-refractivity contribution in [1.82, 2.24) is 0 Å². The summed E-state index contributed by atoms with van der Waals surface area (Å²) >= 11 is 0. The van der Waals surface area contributed by atoms with Crippen LogP contribution in [-0.4, -0.2) is 22.2 Å². The first kappa shape index (κ1) is 15.7. The summed E-state index contributed by atoms with van der Waals surface area (Å²) < 4.78 is 12.1. The molecule has 7 heteroatoms. The van der Waals surface area contributed by atoms with E-state index in [0.29, 0.717) is 0 Å². The van der Waals surface area contributed by atoms with Gasteiger partial charge in [0.2, 0.25) is 0 Å². The number of benzene rings is 2. The molecule has 2 aromatic carbocycles. The Balaban J connectivity index is 2.19. The van der Waals surface area contributed by atoms with Crippen molar-refractivity contribution in [1.29, 1.82) is 0 Å². The lowest BCUT2D eigenvalue weighted by Gasteiger charge is -2.02. The lowest BCUT2D eigenvalue weighted by atomic mass is 10.1. The van der Waals surface area contributed by atoms with Crippen molar-refractivity contribution in [2.24, 2.45) is 0 Å². The quantitative estimate of drug-likeness (QED) is 0.705. The maximum atomic E-state index is 12.1. The Hall–Kier alpha value is -2.72. The van der Waals surface area contributed by atoms with Crippen LogP contribution in [0.15, 0.2) is 48.5 Å². The molecule has 0 bridgehead atoms. The summed E-state index contributed by atoms with van der Waals surface area (Å²) in [5.41, 5.74) is 0.717. The van der Waals surface area contributed by atoms with Gasteiger partial charge in [0.1, 0.15) is 0 Å². The fourth-order valence-corrected chi connectivity index (χ4v) is 2.91. The molecule has 0 heterocycles. The van der Waals surface area contributed by atoms with E-state index < -0.39 is 19.9 Å². The van der Waals surface area contributed by atoms with E-state index >= 15 is 0 Å². The molecular weight excluding hydrogens is 305 g/mol. The molecule has 22 heavy (non-hydrogen) atoms. The molecule has 1 atom stereocenters. The molecule has 0 aliphatic heterocycles. The minimum absolute atomic E-state index is 0.175. The van der Waals surface area contributed by atoms with Crippen LogP contribution in [0.4, 0.5) is 5.69 Å². The number of carboxylic acid groups (broad SMARTS) is 2. The predicted octanol–water partition coefficient (Wildman–Crippen LogP) is 3.44. The molecule has 0 saturated carbocycles. The molecule has 0 aromatic heterocycles. The van der Waals surface area contributed by atoms with Gasteiger partial charge in [-0.05, 0) is 22.8 Å². The zero-order valence-corrected chi connectivity index (χ0v) is 12.3. The maximum Gasteiger partial charge on any atom is 0.464 e. The number of hydrogen-bond donors (Lipinski definition) is 3. The van der Waals surface area contributed by atoms with E-state index in [4.69, 9.17) is 10.2 Å². The van der Waals surface area contributed by atoms with Crippen LogP contribution in [0.25, 0.3) is 0 Å². The smallest absolute Gasteiger partial charge is 0.464 e. The summed E-state index contributed by atoms with van der Waals surface area (Å²) in [6.07, 6.45) is 0.260. The normalized spacial score (nSPS) is 10.8. The van der Waals surface area contributed by atoms with Crippen LogP contribution in [0.1, 0.15) is 26.3 Å². The van der Waals surface area contributed by atoms with Crippen LogP contribution >= 0.6 is 7.95 Å². The van der Waals surface area contributed by atoms with Crippen molar-refractivity contribution >= 4 is 25.6 Å². The van der Waals surface area contributed by atoms with Gasteiger partial charge in [-0.3, -0.25) is 0 Å². The largest absolute Gasteiger partial charge is 0.478 e. The Morgan fingerprint density at radius 3 is 2.00 bits per heavy atom. The zero-order chi connectivity index (χ0) is 16.1. The summed E-state index contributed by atoms with van der Waals surface area (Å²) in [4.78, 5) is 22.0. The van der Waals surface area contributed by atoms with Gasteiger partial charge in [-0.1, -0.05) is 30.3 Å². The molecule has 6 nitrogen and oxygen atoms in total. The molecule has 0 aliphatic carbocycles. The molecule has 112 valence electrons. The third kappa shape index (κ3) is 4.14. The highest BCUT2D eigenvalue weighted by Gasteiger charge is 2.19. The number of carbonyl (C=O) groups is 2. The second-order valence-corrected chi connectivity index (χ2v) is 5.84. The van der Waals surface area contributed by atoms with Crippen LogP contribution in [0, 0.1) is 0 Å². The van der Waals surface area contributed by atoms with E-state index in [-0.39, 0.29) is 23.0 Å². The van der Waals surface area contributed by atoms with E-state index in [1.54, 1.807) is 0 Å². The van der Waals surface area contributed by atoms with Crippen molar-refractivity contribution in [3.63, 3.8) is 0 Å². The maximum absolute atomic E-state index is 12.1. The minimum atomic E-state index is -1.88. The second kappa shape index (κ2) is 6.83. The average molecular weight is 318 g/mol. The highest BCUT2D eigenvalue weighted by molar-refractivity contribution is 7.45. The highest BCUT2D eigenvalue weighted by Crippen LogP contribution is 2.29. The van der Waals surface area contributed by atoms with E-state index in [9.17, 15) is 14.2 Å². The Bertz CT molecular complexity index is 698. The SMILES string of the molecule is O=C(O)c1cc(N[P+](=O)Cc2ccccc2)cc(C(=O)O)c1. The Labute approximate surface area is 127 Å². The number of aromatic carboxylic acids is 2. The van der Waals surface area contributed by atoms with Crippen LogP contribution in [0.2, 0.25) is 0 Å². The van der Waals surface area contributed by atoms with Crippen LogP contribution in [-0.2, 0) is 10.7 Å². The molecule has 2 rings (SSSR count). The average Bonchev–Trinajstić information content (AvgIpc) is 2.47. The first-order chi connectivity index (χ1) is 10.5. The molecule has 2 aromatic rings. The molecule has 0 amide bonds. The first-order valence-corrected chi connectivity index (χ1v) is 7.77. The summed E-state index contributed by atoms with van der Waals surface area (Å²) in [7, 11) is -1.88. The zero-order valence-electron chi connectivity index (χ0n) is 11.4. The topological polar surface area (TPSA) is 104 Å². The van der Waals surface area contributed by atoms with Crippen molar-refractivity contribution < 1.29 is 24.4 Å². The van der Waals surface area contributed by atoms with Gasteiger partial charge in [0, 0.05) is 5.56 Å². The van der Waals surface area contributed by atoms with Crippen molar-refractivity contribution in [2.45, 2.75) is 6.16 Å². The van der Waals surface area contributed by atoms with Gasteiger partial charge in [0.25, 0.3) is 0 Å². The third-order valence-electron chi connectivity index (χ3n) is 2.85. The van der Waals surface area contributed by atoms with Crippen LogP contribution < -0.4 is 5.09 Å². The molecule has 0 fully saturated rings. The number of anilines is 1. The summed E-state index contributed by atoms with van der Waals surface area (Å²) in [5.74, 6) is -2.49. The molecule has 0 aliphatic rings. The molecule has 1 unspecified atom stereocenters. The standard InChI is InChI=1S/C15H12NO5P/c17-14(18)11-6-12(15(19)20)8-13(7-11)16-22(21)9-10-4-2-1-3-5-10/h1-8H,9H2,(H2-,16,17,18,19,20,21)/p+1. The van der Waals surface area contributed by atoms with Gasteiger partial charge in [-0.15, -0.1) is 0 Å². The number of carboxylic acids is 2. The first-order valence-electron chi connectivity index (χ1n) is 6.32. The van der Waals surface area contributed by atoms with E-state index in [0.717, 1.165) is 11.6 Å². The predicted molar refractivity (Wildman–Crippen MR) is 81.7 cm³/mol. The van der Waals surface area contributed by atoms with Gasteiger partial charge in [0.05, 0.1) is 16.8 Å². The van der Waals surface area contributed by atoms with Gasteiger partial charge in [-0.25, -0.2) is 9.59 Å². The Morgan fingerprint density at radius 1 is 0.955 bits per heavy atom.